The van der Waals surface area contributed by atoms with Crippen molar-refractivity contribution >= 4 is 10.0 Å². The number of ether oxygens (including phenoxy) is 1. The minimum Gasteiger partial charge on any atom is -0.495 e. The molecule has 6 nitrogen and oxygen atoms in total. The lowest BCUT2D eigenvalue weighted by atomic mass is 10.1. The Bertz CT molecular complexity index is 666. The van der Waals surface area contributed by atoms with Crippen LogP contribution in [0.4, 0.5) is 0 Å². The topological polar surface area (TPSA) is 53.1 Å². The van der Waals surface area contributed by atoms with Gasteiger partial charge in [-0.2, -0.15) is 4.31 Å². The second-order valence-corrected chi connectivity index (χ2v) is 8.54. The second-order valence-electron chi connectivity index (χ2n) is 6.64. The Morgan fingerprint density at radius 3 is 2.21 bits per heavy atom. The number of hydrogen-bond acceptors (Lipinski definition) is 5. The van der Waals surface area contributed by atoms with Gasteiger partial charge in [0, 0.05) is 39.3 Å². The van der Waals surface area contributed by atoms with Gasteiger partial charge in [0.1, 0.15) is 10.6 Å². The SMILES string of the molecule is COc1cc(C)c(C)cc1S(=O)(=O)N1CCN(CCN(C)C)CC1. The Hall–Kier alpha value is -1.15. The fourth-order valence-corrected chi connectivity index (χ4v) is 4.44. The van der Waals surface area contributed by atoms with Crippen molar-refractivity contribution in [3.8, 4) is 5.75 Å². The molecule has 0 spiro atoms. The number of likely N-dealkylation sites (N-methyl/N-ethyl adjacent to an activating group) is 1. The molecule has 24 heavy (non-hydrogen) atoms. The summed E-state index contributed by atoms with van der Waals surface area (Å²) < 4.78 is 32.9. The van der Waals surface area contributed by atoms with E-state index in [1.807, 2.05) is 27.9 Å². The van der Waals surface area contributed by atoms with Crippen LogP contribution in [0.5, 0.6) is 5.75 Å². The Morgan fingerprint density at radius 1 is 1.08 bits per heavy atom. The Kier molecular flexibility index (Phi) is 6.25. The molecule has 0 unspecified atom stereocenters. The normalized spacial score (nSPS) is 17.4. The van der Waals surface area contributed by atoms with Gasteiger partial charge >= 0.3 is 0 Å². The third-order valence-electron chi connectivity index (χ3n) is 4.59. The van der Waals surface area contributed by atoms with Crippen LogP contribution in [0.15, 0.2) is 17.0 Å². The van der Waals surface area contributed by atoms with Crippen molar-refractivity contribution in [3.63, 3.8) is 0 Å². The van der Waals surface area contributed by atoms with Crippen LogP contribution in [-0.2, 0) is 10.0 Å². The molecule has 1 aromatic carbocycles. The average Bonchev–Trinajstić information content (AvgIpc) is 2.55. The number of sulfonamides is 1. The summed E-state index contributed by atoms with van der Waals surface area (Å²) >= 11 is 0. The Morgan fingerprint density at radius 2 is 1.67 bits per heavy atom. The van der Waals surface area contributed by atoms with E-state index >= 15 is 0 Å². The van der Waals surface area contributed by atoms with E-state index in [9.17, 15) is 8.42 Å². The molecule has 136 valence electrons. The first-order valence-corrected chi connectivity index (χ1v) is 9.72. The van der Waals surface area contributed by atoms with Gasteiger partial charge in [0.05, 0.1) is 7.11 Å². The van der Waals surface area contributed by atoms with Gasteiger partial charge in [0.25, 0.3) is 0 Å². The summed E-state index contributed by atoms with van der Waals surface area (Å²) in [5.74, 6) is 0.424. The summed E-state index contributed by atoms with van der Waals surface area (Å²) in [5, 5.41) is 0. The highest BCUT2D eigenvalue weighted by atomic mass is 32.2. The van der Waals surface area contributed by atoms with E-state index in [-0.39, 0.29) is 4.90 Å². The van der Waals surface area contributed by atoms with Crippen molar-refractivity contribution in [2.24, 2.45) is 0 Å². The van der Waals surface area contributed by atoms with Gasteiger partial charge in [0.2, 0.25) is 10.0 Å². The molecule has 1 fully saturated rings. The molecule has 7 heteroatoms. The quantitative estimate of drug-likeness (QED) is 0.767. The van der Waals surface area contributed by atoms with Crippen molar-refractivity contribution < 1.29 is 13.2 Å². The molecule has 0 radical (unpaired) electrons. The summed E-state index contributed by atoms with van der Waals surface area (Å²) in [6.45, 7) is 8.40. The Balaban J connectivity index is 2.14. The van der Waals surface area contributed by atoms with Crippen molar-refractivity contribution in [3.05, 3.63) is 23.3 Å². The lowest BCUT2D eigenvalue weighted by Gasteiger charge is -2.34. The molecule has 0 N–H and O–H groups in total. The Labute approximate surface area is 146 Å². The van der Waals surface area contributed by atoms with E-state index in [4.69, 9.17) is 4.74 Å². The summed E-state index contributed by atoms with van der Waals surface area (Å²) in [5.41, 5.74) is 1.98. The van der Waals surface area contributed by atoms with Crippen LogP contribution in [0.2, 0.25) is 0 Å². The van der Waals surface area contributed by atoms with Gasteiger partial charge < -0.3 is 9.64 Å². The van der Waals surface area contributed by atoms with Crippen molar-refractivity contribution in [1.29, 1.82) is 0 Å². The highest BCUT2D eigenvalue weighted by Gasteiger charge is 2.31. The first-order valence-electron chi connectivity index (χ1n) is 8.28. The number of rotatable bonds is 6. The zero-order valence-electron chi connectivity index (χ0n) is 15.4. The monoisotopic (exact) mass is 355 g/mol. The molecule has 0 aromatic heterocycles. The molecule has 0 amide bonds. The molecule has 2 rings (SSSR count). The van der Waals surface area contributed by atoms with Crippen LogP contribution < -0.4 is 4.74 Å². The maximum atomic E-state index is 13.0. The minimum absolute atomic E-state index is 0.273. The molecule has 1 aromatic rings. The van der Waals surface area contributed by atoms with Crippen LogP contribution in [-0.4, -0.2) is 83.0 Å². The average molecular weight is 356 g/mol. The van der Waals surface area contributed by atoms with Crippen LogP contribution in [0.3, 0.4) is 0 Å². The van der Waals surface area contributed by atoms with Gasteiger partial charge in [-0.25, -0.2) is 8.42 Å². The molecule has 0 aliphatic carbocycles. The minimum atomic E-state index is -3.53. The lowest BCUT2D eigenvalue weighted by Crippen LogP contribution is -2.49. The van der Waals surface area contributed by atoms with Crippen molar-refractivity contribution in [2.45, 2.75) is 18.7 Å². The second kappa shape index (κ2) is 7.82. The highest BCUT2D eigenvalue weighted by Crippen LogP contribution is 2.30. The predicted octanol–water partition coefficient (Wildman–Crippen LogP) is 1.18. The van der Waals surface area contributed by atoms with Crippen molar-refractivity contribution in [1.82, 2.24) is 14.1 Å². The molecular formula is C17H29N3O3S. The molecule has 0 saturated carbocycles. The van der Waals surface area contributed by atoms with Gasteiger partial charge in [-0.15, -0.1) is 0 Å². The third-order valence-corrected chi connectivity index (χ3v) is 6.51. The van der Waals surface area contributed by atoms with Crippen LogP contribution in [0.25, 0.3) is 0 Å². The lowest BCUT2D eigenvalue weighted by molar-refractivity contribution is 0.174. The zero-order valence-corrected chi connectivity index (χ0v) is 16.2. The van der Waals surface area contributed by atoms with E-state index in [1.165, 1.54) is 7.11 Å². The van der Waals surface area contributed by atoms with E-state index < -0.39 is 10.0 Å². The first-order chi connectivity index (χ1) is 11.3. The van der Waals surface area contributed by atoms with Gasteiger partial charge in [-0.05, 0) is 51.2 Å². The molecule has 1 aliphatic rings. The number of hydrogen-bond donors (Lipinski definition) is 0. The van der Waals surface area contributed by atoms with Crippen LogP contribution in [0.1, 0.15) is 11.1 Å². The molecule has 0 atom stereocenters. The van der Waals surface area contributed by atoms with Crippen LogP contribution in [0, 0.1) is 13.8 Å². The number of benzene rings is 1. The highest BCUT2D eigenvalue weighted by molar-refractivity contribution is 7.89. The molecular weight excluding hydrogens is 326 g/mol. The standard InChI is InChI=1S/C17H29N3O3S/c1-14-12-16(23-5)17(13-15(14)2)24(21,22)20-10-8-19(9-11-20)7-6-18(3)4/h12-13H,6-11H2,1-5H3. The van der Waals surface area contributed by atoms with Gasteiger partial charge in [-0.1, -0.05) is 0 Å². The number of aryl methyl sites for hydroxylation is 2. The van der Waals surface area contributed by atoms with E-state index in [2.05, 4.69) is 9.80 Å². The number of piperazine rings is 1. The fourth-order valence-electron chi connectivity index (χ4n) is 2.80. The molecule has 1 aliphatic heterocycles. The van der Waals surface area contributed by atoms with Gasteiger partial charge in [-0.3, -0.25) is 4.90 Å². The van der Waals surface area contributed by atoms with Crippen molar-refractivity contribution in [2.75, 3.05) is 60.5 Å². The molecule has 1 heterocycles. The first kappa shape index (κ1) is 19.2. The summed E-state index contributed by atoms with van der Waals surface area (Å²) in [6.07, 6.45) is 0. The molecule has 1 saturated heterocycles. The van der Waals surface area contributed by atoms with E-state index in [0.717, 1.165) is 37.3 Å². The summed E-state index contributed by atoms with van der Waals surface area (Å²) in [4.78, 5) is 4.72. The smallest absolute Gasteiger partial charge is 0.246 e. The fraction of sp³-hybridized carbons (Fsp3) is 0.647. The predicted molar refractivity (Wildman–Crippen MR) is 96.2 cm³/mol. The number of nitrogens with zero attached hydrogens (tertiary/aromatic N) is 3. The maximum Gasteiger partial charge on any atom is 0.246 e. The summed E-state index contributed by atoms with van der Waals surface area (Å²) in [7, 11) is 2.09. The largest absolute Gasteiger partial charge is 0.495 e. The van der Waals surface area contributed by atoms with Crippen LogP contribution >= 0.6 is 0 Å². The zero-order chi connectivity index (χ0) is 17.9. The molecule has 0 bridgehead atoms. The maximum absolute atomic E-state index is 13.0. The number of methoxy groups -OCH3 is 1. The van der Waals surface area contributed by atoms with E-state index in [1.54, 1.807) is 16.4 Å². The van der Waals surface area contributed by atoms with E-state index in [0.29, 0.717) is 18.8 Å². The third kappa shape index (κ3) is 4.27. The van der Waals surface area contributed by atoms with Gasteiger partial charge in [0.15, 0.2) is 0 Å². The summed E-state index contributed by atoms with van der Waals surface area (Å²) in [6, 6.07) is 3.53.